The molecule has 2 heterocycles. The van der Waals surface area contributed by atoms with E-state index in [0.29, 0.717) is 19.7 Å². The van der Waals surface area contributed by atoms with Gasteiger partial charge >= 0.3 is 12.2 Å². The highest BCUT2D eigenvalue weighted by Crippen LogP contribution is 2.44. The van der Waals surface area contributed by atoms with E-state index in [0.717, 1.165) is 27.8 Å². The van der Waals surface area contributed by atoms with Gasteiger partial charge in [-0.15, -0.1) is 0 Å². The third-order valence-electron chi connectivity index (χ3n) is 9.86. The van der Waals surface area contributed by atoms with E-state index in [1.165, 1.54) is 4.90 Å². The maximum atomic E-state index is 14.5. The Morgan fingerprint density at radius 1 is 0.827 bits per heavy atom. The number of hydrogen-bond acceptors (Lipinski definition) is 7. The first-order valence-electron chi connectivity index (χ1n) is 18.1. The van der Waals surface area contributed by atoms with Gasteiger partial charge in [-0.25, -0.2) is 9.59 Å². The highest BCUT2D eigenvalue weighted by Gasteiger charge is 2.47. The van der Waals surface area contributed by atoms with Crippen LogP contribution in [0.25, 0.3) is 11.1 Å². The number of nitrogens with one attached hydrogen (secondary N) is 2. The van der Waals surface area contributed by atoms with Gasteiger partial charge in [-0.2, -0.15) is 0 Å². The van der Waals surface area contributed by atoms with E-state index in [2.05, 4.69) is 34.9 Å². The molecule has 2 aliphatic heterocycles. The quantitative estimate of drug-likeness (QED) is 0.307. The molecule has 4 amide bonds. The number of nitrogens with zero attached hydrogens (tertiary/aromatic N) is 2. The molecule has 0 bridgehead atoms. The van der Waals surface area contributed by atoms with E-state index in [9.17, 15) is 19.2 Å². The van der Waals surface area contributed by atoms with Crippen LogP contribution in [-0.2, 0) is 23.8 Å². The van der Waals surface area contributed by atoms with Gasteiger partial charge in [-0.1, -0.05) is 99.6 Å². The molecule has 2 fully saturated rings. The Kier molecular flexibility index (Phi) is 10.6. The standard InChI is InChI=1S/C41H50N4O7/c1-40(2,3)35(43-39(49)52-41(4,5)6)37(47)45-23-27(22-33(45)36(46)44-20-21-50-34(24-44)26-14-8-7-9-15-26)42-38(48)51-25-32-30-18-12-10-16-28(30)29-17-11-13-19-31(29)32/h7-19,27,32-35H,20-25H2,1-6H3,(H,42,48)(H,43,49)/t27-,33-,34-,35+/m0/s1. The zero-order chi connectivity index (χ0) is 37.2. The van der Waals surface area contributed by atoms with Crippen LogP contribution in [0.5, 0.6) is 0 Å². The third-order valence-corrected chi connectivity index (χ3v) is 9.86. The van der Waals surface area contributed by atoms with Crippen molar-refractivity contribution in [3.8, 4) is 11.1 Å². The lowest BCUT2D eigenvalue weighted by atomic mass is 9.85. The predicted octanol–water partition coefficient (Wildman–Crippen LogP) is 6.03. The lowest BCUT2D eigenvalue weighted by molar-refractivity contribution is -0.150. The highest BCUT2D eigenvalue weighted by molar-refractivity contribution is 5.93. The van der Waals surface area contributed by atoms with Crippen molar-refractivity contribution >= 4 is 24.0 Å². The first-order valence-corrected chi connectivity index (χ1v) is 18.1. The average molecular weight is 711 g/mol. The molecule has 3 aliphatic rings. The van der Waals surface area contributed by atoms with Gasteiger partial charge in [0.05, 0.1) is 19.2 Å². The molecule has 52 heavy (non-hydrogen) atoms. The summed E-state index contributed by atoms with van der Waals surface area (Å²) < 4.78 is 17.4. The van der Waals surface area contributed by atoms with Crippen LogP contribution < -0.4 is 10.6 Å². The number of carbonyl (C=O) groups is 4. The number of alkyl carbamates (subject to hydrolysis) is 2. The molecular formula is C41H50N4O7. The van der Waals surface area contributed by atoms with Gasteiger partial charge in [0, 0.05) is 19.0 Å². The van der Waals surface area contributed by atoms with Crippen LogP contribution in [0.4, 0.5) is 9.59 Å². The molecular weight excluding hydrogens is 660 g/mol. The predicted molar refractivity (Wildman–Crippen MR) is 196 cm³/mol. The molecule has 11 heteroatoms. The van der Waals surface area contributed by atoms with Crippen LogP contribution in [-0.4, -0.2) is 90.4 Å². The number of likely N-dealkylation sites (tertiary alicyclic amines) is 1. The van der Waals surface area contributed by atoms with Gasteiger partial charge in [0.15, 0.2) is 0 Å². The summed E-state index contributed by atoms with van der Waals surface area (Å²) in [6.45, 7) is 12.0. The van der Waals surface area contributed by atoms with Crippen LogP contribution >= 0.6 is 0 Å². The van der Waals surface area contributed by atoms with Crippen molar-refractivity contribution < 1.29 is 33.4 Å². The summed E-state index contributed by atoms with van der Waals surface area (Å²) in [7, 11) is 0. The van der Waals surface area contributed by atoms with Crippen molar-refractivity contribution in [1.82, 2.24) is 20.4 Å². The maximum Gasteiger partial charge on any atom is 0.408 e. The molecule has 276 valence electrons. The molecule has 2 saturated heterocycles. The van der Waals surface area contributed by atoms with Crippen molar-refractivity contribution in [2.75, 3.05) is 32.8 Å². The topological polar surface area (TPSA) is 127 Å². The molecule has 2 N–H and O–H groups in total. The number of carbonyl (C=O) groups excluding carboxylic acids is 4. The Hall–Kier alpha value is -4.90. The van der Waals surface area contributed by atoms with Gasteiger partial charge < -0.3 is 34.6 Å². The second-order valence-electron chi connectivity index (χ2n) is 15.9. The number of rotatable bonds is 7. The van der Waals surface area contributed by atoms with Crippen LogP contribution in [0.3, 0.4) is 0 Å². The second kappa shape index (κ2) is 15.0. The Balaban J connectivity index is 1.19. The summed E-state index contributed by atoms with van der Waals surface area (Å²) in [5.41, 5.74) is 3.93. The molecule has 0 radical (unpaired) electrons. The normalized spacial score (nSPS) is 20.8. The van der Waals surface area contributed by atoms with E-state index < -0.39 is 47.2 Å². The van der Waals surface area contributed by atoms with Gasteiger partial charge in [-0.3, -0.25) is 9.59 Å². The lowest BCUT2D eigenvalue weighted by Crippen LogP contribution is -2.59. The number of fused-ring (bicyclic) bond motifs is 3. The van der Waals surface area contributed by atoms with Crippen molar-refractivity contribution in [2.24, 2.45) is 5.41 Å². The second-order valence-corrected chi connectivity index (χ2v) is 15.9. The molecule has 1 aliphatic carbocycles. The molecule has 0 unspecified atom stereocenters. The summed E-state index contributed by atoms with van der Waals surface area (Å²) in [5, 5.41) is 5.72. The summed E-state index contributed by atoms with van der Waals surface area (Å²) in [6, 6.07) is 23.5. The Labute approximate surface area is 306 Å². The van der Waals surface area contributed by atoms with E-state index in [1.54, 1.807) is 25.7 Å². The number of hydrogen-bond donors (Lipinski definition) is 2. The number of amides is 4. The zero-order valence-corrected chi connectivity index (χ0v) is 30.9. The Bertz CT molecular complexity index is 1740. The van der Waals surface area contributed by atoms with Gasteiger partial charge in [0.1, 0.15) is 30.4 Å². The largest absolute Gasteiger partial charge is 0.449 e. The fraction of sp³-hybridized carbons (Fsp3) is 0.463. The fourth-order valence-corrected chi connectivity index (χ4v) is 7.39. The smallest absolute Gasteiger partial charge is 0.408 e. The average Bonchev–Trinajstić information content (AvgIpc) is 3.67. The van der Waals surface area contributed by atoms with E-state index >= 15 is 0 Å². The lowest BCUT2D eigenvalue weighted by Gasteiger charge is -2.38. The number of benzene rings is 3. The SMILES string of the molecule is CC(C)(C)OC(=O)N[C@H](C(=O)N1C[C@@H](NC(=O)OCC2c3ccccc3-c3ccccc32)C[C@H]1C(=O)N1CCO[C@H](c2ccccc2)C1)C(C)(C)C. The molecule has 0 spiro atoms. The minimum atomic E-state index is -1.01. The molecule has 3 aromatic carbocycles. The molecule has 4 atom stereocenters. The fourth-order valence-electron chi connectivity index (χ4n) is 7.39. The first-order chi connectivity index (χ1) is 24.7. The van der Waals surface area contributed by atoms with E-state index in [4.69, 9.17) is 14.2 Å². The zero-order valence-electron chi connectivity index (χ0n) is 30.9. The van der Waals surface area contributed by atoms with Crippen molar-refractivity contribution in [3.05, 3.63) is 95.6 Å². The summed E-state index contributed by atoms with van der Waals surface area (Å²) in [5.74, 6) is -0.778. The number of morpholine rings is 1. The van der Waals surface area contributed by atoms with Gasteiger partial charge in [0.2, 0.25) is 11.8 Å². The summed E-state index contributed by atoms with van der Waals surface area (Å²) in [4.78, 5) is 58.4. The van der Waals surface area contributed by atoms with Crippen LogP contribution in [0, 0.1) is 5.41 Å². The van der Waals surface area contributed by atoms with E-state index in [1.807, 2.05) is 75.4 Å². The molecule has 3 aromatic rings. The van der Waals surface area contributed by atoms with Gasteiger partial charge in [-0.05, 0) is 60.4 Å². The monoisotopic (exact) mass is 710 g/mol. The van der Waals surface area contributed by atoms with Crippen LogP contribution in [0.2, 0.25) is 0 Å². The summed E-state index contributed by atoms with van der Waals surface area (Å²) in [6.07, 6.45) is -1.47. The number of ether oxygens (including phenoxy) is 3. The van der Waals surface area contributed by atoms with Gasteiger partial charge in [0.25, 0.3) is 0 Å². The van der Waals surface area contributed by atoms with Crippen LogP contribution in [0.15, 0.2) is 78.9 Å². The molecule has 0 aromatic heterocycles. The minimum Gasteiger partial charge on any atom is -0.449 e. The molecule has 0 saturated carbocycles. The minimum absolute atomic E-state index is 0.0640. The maximum absolute atomic E-state index is 14.5. The van der Waals surface area contributed by atoms with Crippen LogP contribution in [0.1, 0.15) is 76.7 Å². The Morgan fingerprint density at radius 3 is 2.06 bits per heavy atom. The van der Waals surface area contributed by atoms with Crippen molar-refractivity contribution in [1.29, 1.82) is 0 Å². The first kappa shape index (κ1) is 36.9. The van der Waals surface area contributed by atoms with E-state index in [-0.39, 0.29) is 37.5 Å². The molecule has 6 rings (SSSR count). The van der Waals surface area contributed by atoms with Crippen molar-refractivity contribution in [3.63, 3.8) is 0 Å². The molecule has 11 nitrogen and oxygen atoms in total. The van der Waals surface area contributed by atoms with Crippen molar-refractivity contribution in [2.45, 2.75) is 83.7 Å². The summed E-state index contributed by atoms with van der Waals surface area (Å²) >= 11 is 0. The highest BCUT2D eigenvalue weighted by atomic mass is 16.6. The Morgan fingerprint density at radius 2 is 1.44 bits per heavy atom. The third kappa shape index (κ3) is 8.25.